The Bertz CT molecular complexity index is 393. The van der Waals surface area contributed by atoms with Crippen LogP contribution in [-0.4, -0.2) is 18.5 Å². The predicted molar refractivity (Wildman–Crippen MR) is 47.4 cm³/mol. The lowest BCUT2D eigenvalue weighted by molar-refractivity contribution is -0.340. The summed E-state index contributed by atoms with van der Waals surface area (Å²) < 4.78 is 77.6. The summed E-state index contributed by atoms with van der Waals surface area (Å²) in [5.74, 6) is -5.88. The molecule has 1 atom stereocenters. The normalized spacial score (nSPS) is 15.7. The highest BCUT2D eigenvalue weighted by Crippen LogP contribution is 2.41. The molecule has 1 unspecified atom stereocenters. The SMILES string of the molecule is Nc1ccccc1OC(F)(C(F)F)C(F)(F)F. The standard InChI is InChI=1S/C9H7F6NO/c10-7(11)8(12,9(13,14)15)17-6-4-2-1-3-5(6)16/h1-4,7H,16H2. The van der Waals surface area contributed by atoms with Gasteiger partial charge in [-0.1, -0.05) is 12.1 Å². The molecule has 0 aliphatic carbocycles. The molecule has 0 heterocycles. The summed E-state index contributed by atoms with van der Waals surface area (Å²) in [7, 11) is 0. The average Bonchev–Trinajstić information content (AvgIpc) is 2.19. The topological polar surface area (TPSA) is 35.2 Å². The van der Waals surface area contributed by atoms with E-state index in [1.165, 1.54) is 12.1 Å². The molecule has 1 aromatic carbocycles. The van der Waals surface area contributed by atoms with Crippen LogP contribution in [0.1, 0.15) is 0 Å². The first-order valence-electron chi connectivity index (χ1n) is 4.26. The van der Waals surface area contributed by atoms with E-state index in [1.807, 2.05) is 0 Å². The molecule has 0 radical (unpaired) electrons. The molecule has 0 aliphatic heterocycles. The molecule has 0 aromatic heterocycles. The molecule has 1 aromatic rings. The Kier molecular flexibility index (Phi) is 3.44. The predicted octanol–water partition coefficient (Wildman–Crippen LogP) is 3.14. The maximum absolute atomic E-state index is 13.1. The number of hydrogen-bond donors (Lipinski definition) is 1. The zero-order valence-electron chi connectivity index (χ0n) is 8.14. The van der Waals surface area contributed by atoms with Crippen LogP contribution >= 0.6 is 0 Å². The van der Waals surface area contributed by atoms with Crippen LogP contribution in [0.4, 0.5) is 32.0 Å². The summed E-state index contributed by atoms with van der Waals surface area (Å²) in [6.07, 6.45) is -10.3. The molecule has 0 saturated heterocycles. The Hall–Kier alpha value is -1.60. The smallest absolute Gasteiger partial charge is 0.444 e. The first kappa shape index (κ1) is 13.5. The van der Waals surface area contributed by atoms with Gasteiger partial charge in [-0.3, -0.25) is 0 Å². The summed E-state index contributed by atoms with van der Waals surface area (Å²) in [5.41, 5.74) is 4.79. The molecule has 0 aliphatic rings. The molecule has 1 rings (SSSR count). The van der Waals surface area contributed by atoms with Crippen molar-refractivity contribution < 1.29 is 31.1 Å². The van der Waals surface area contributed by atoms with Gasteiger partial charge in [0.05, 0.1) is 5.69 Å². The van der Waals surface area contributed by atoms with E-state index in [1.54, 1.807) is 0 Å². The fraction of sp³-hybridized carbons (Fsp3) is 0.333. The van der Waals surface area contributed by atoms with Crippen molar-refractivity contribution in [1.82, 2.24) is 0 Å². The van der Waals surface area contributed by atoms with Gasteiger partial charge in [0.1, 0.15) is 5.75 Å². The maximum Gasteiger partial charge on any atom is 0.466 e. The van der Waals surface area contributed by atoms with Crippen LogP contribution in [0.15, 0.2) is 24.3 Å². The molecule has 0 saturated carbocycles. The molecule has 8 heteroatoms. The zero-order chi connectivity index (χ0) is 13.3. The largest absolute Gasteiger partial charge is 0.466 e. The minimum Gasteiger partial charge on any atom is -0.444 e. The number of benzene rings is 1. The van der Waals surface area contributed by atoms with E-state index >= 15 is 0 Å². The van der Waals surface area contributed by atoms with E-state index in [2.05, 4.69) is 4.74 Å². The second kappa shape index (κ2) is 4.34. The number of alkyl halides is 6. The van der Waals surface area contributed by atoms with Crippen LogP contribution < -0.4 is 10.5 Å². The molecule has 2 nitrogen and oxygen atoms in total. The van der Waals surface area contributed by atoms with Crippen molar-refractivity contribution >= 4 is 5.69 Å². The van der Waals surface area contributed by atoms with Crippen LogP contribution in [0.5, 0.6) is 5.75 Å². The van der Waals surface area contributed by atoms with E-state index in [-0.39, 0.29) is 5.69 Å². The number of halogens is 6. The summed E-state index contributed by atoms with van der Waals surface area (Å²) in [6.45, 7) is 0. The van der Waals surface area contributed by atoms with Crippen molar-refractivity contribution in [3.05, 3.63) is 24.3 Å². The van der Waals surface area contributed by atoms with Gasteiger partial charge < -0.3 is 10.5 Å². The Morgan fingerprint density at radius 1 is 1.06 bits per heavy atom. The van der Waals surface area contributed by atoms with E-state index in [0.717, 1.165) is 12.1 Å². The highest BCUT2D eigenvalue weighted by Gasteiger charge is 2.66. The first-order chi connectivity index (χ1) is 7.68. The van der Waals surface area contributed by atoms with Crippen molar-refractivity contribution in [3.8, 4) is 5.75 Å². The minimum atomic E-state index is -5.87. The fourth-order valence-electron chi connectivity index (χ4n) is 0.960. The molecule has 96 valence electrons. The second-order valence-corrected chi connectivity index (χ2v) is 3.08. The van der Waals surface area contributed by atoms with Crippen LogP contribution in [0.3, 0.4) is 0 Å². The number of nitrogens with two attached hydrogens (primary N) is 1. The maximum atomic E-state index is 13.1. The molecule has 17 heavy (non-hydrogen) atoms. The van der Waals surface area contributed by atoms with E-state index in [9.17, 15) is 26.3 Å². The van der Waals surface area contributed by atoms with Gasteiger partial charge in [0.2, 0.25) is 0 Å². The lowest BCUT2D eigenvalue weighted by Gasteiger charge is -2.27. The summed E-state index contributed by atoms with van der Waals surface area (Å²) >= 11 is 0. The highest BCUT2D eigenvalue weighted by molar-refractivity contribution is 5.52. The third-order valence-electron chi connectivity index (χ3n) is 1.84. The summed E-state index contributed by atoms with van der Waals surface area (Å²) in [5, 5.41) is 0. The molecule has 0 fully saturated rings. The Balaban J connectivity index is 3.09. The average molecular weight is 259 g/mol. The lowest BCUT2D eigenvalue weighted by Crippen LogP contribution is -2.52. The van der Waals surface area contributed by atoms with Crippen LogP contribution in [0, 0.1) is 0 Å². The monoisotopic (exact) mass is 259 g/mol. The van der Waals surface area contributed by atoms with Crippen molar-refractivity contribution in [2.45, 2.75) is 18.5 Å². The number of rotatable bonds is 3. The van der Waals surface area contributed by atoms with Gasteiger partial charge in [-0.2, -0.15) is 17.6 Å². The summed E-state index contributed by atoms with van der Waals surface area (Å²) in [6, 6.07) is 4.46. The van der Waals surface area contributed by atoms with Gasteiger partial charge in [0.15, 0.2) is 0 Å². The molecule has 0 amide bonds. The van der Waals surface area contributed by atoms with Gasteiger partial charge in [-0.05, 0) is 12.1 Å². The third-order valence-corrected chi connectivity index (χ3v) is 1.84. The third kappa shape index (κ3) is 2.56. The van der Waals surface area contributed by atoms with Gasteiger partial charge in [-0.25, -0.2) is 8.78 Å². The zero-order valence-corrected chi connectivity index (χ0v) is 8.14. The van der Waals surface area contributed by atoms with E-state index in [0.29, 0.717) is 0 Å². The van der Waals surface area contributed by atoms with Crippen molar-refractivity contribution in [2.24, 2.45) is 0 Å². The Morgan fingerprint density at radius 2 is 1.59 bits per heavy atom. The minimum absolute atomic E-state index is 0.376. The van der Waals surface area contributed by atoms with Crippen LogP contribution in [0.25, 0.3) is 0 Å². The van der Waals surface area contributed by atoms with Crippen LogP contribution in [-0.2, 0) is 0 Å². The van der Waals surface area contributed by atoms with Gasteiger partial charge in [0, 0.05) is 0 Å². The van der Waals surface area contributed by atoms with Gasteiger partial charge >= 0.3 is 18.5 Å². The number of anilines is 1. The second-order valence-electron chi connectivity index (χ2n) is 3.08. The highest BCUT2D eigenvalue weighted by atomic mass is 19.4. The molecule has 0 bridgehead atoms. The van der Waals surface area contributed by atoms with Gasteiger partial charge in [0.25, 0.3) is 0 Å². The van der Waals surface area contributed by atoms with Crippen molar-refractivity contribution in [2.75, 3.05) is 5.73 Å². The van der Waals surface area contributed by atoms with Crippen LogP contribution in [0.2, 0.25) is 0 Å². The number of hydrogen-bond acceptors (Lipinski definition) is 2. The van der Waals surface area contributed by atoms with Crippen molar-refractivity contribution in [1.29, 1.82) is 0 Å². The molecular formula is C9H7F6NO. The van der Waals surface area contributed by atoms with Crippen molar-refractivity contribution in [3.63, 3.8) is 0 Å². The fourth-order valence-corrected chi connectivity index (χ4v) is 0.960. The quantitative estimate of drug-likeness (QED) is 0.668. The number of nitrogen functional groups attached to an aromatic ring is 1. The lowest BCUT2D eigenvalue weighted by atomic mass is 10.2. The van der Waals surface area contributed by atoms with E-state index in [4.69, 9.17) is 5.73 Å². The van der Waals surface area contributed by atoms with Gasteiger partial charge in [-0.15, -0.1) is 0 Å². The molecule has 2 N–H and O–H groups in total. The van der Waals surface area contributed by atoms with E-state index < -0.39 is 24.2 Å². The molecular weight excluding hydrogens is 252 g/mol. The number of para-hydroxylation sites is 2. The molecule has 0 spiro atoms. The first-order valence-corrected chi connectivity index (χ1v) is 4.26. The Morgan fingerprint density at radius 3 is 2.00 bits per heavy atom. The number of ether oxygens (including phenoxy) is 1. The summed E-state index contributed by atoms with van der Waals surface area (Å²) in [4.78, 5) is 0. The Labute approximate surface area is 92.0 Å².